The average Bonchev–Trinajstić information content (AvgIpc) is 2.93. The number of anilines is 1. The highest BCUT2D eigenvalue weighted by atomic mass is 35.5. The van der Waals surface area contributed by atoms with Crippen molar-refractivity contribution in [3.8, 4) is 11.5 Å². The molecule has 0 bridgehead atoms. The molecule has 0 saturated heterocycles. The Labute approximate surface area is 220 Å². The predicted molar refractivity (Wildman–Crippen MR) is 146 cm³/mol. The van der Waals surface area contributed by atoms with Crippen molar-refractivity contribution in [3.05, 3.63) is 101 Å². The van der Waals surface area contributed by atoms with Gasteiger partial charge in [0.05, 0.1) is 13.3 Å². The monoisotopic (exact) mass is 515 g/mol. The maximum absolute atomic E-state index is 12.6. The van der Waals surface area contributed by atoms with Gasteiger partial charge in [-0.2, -0.15) is 5.10 Å². The highest BCUT2D eigenvalue weighted by molar-refractivity contribution is 6.30. The molecule has 0 fully saturated rings. The lowest BCUT2D eigenvalue weighted by molar-refractivity contribution is -0.131. The lowest BCUT2D eigenvalue weighted by Crippen LogP contribution is -2.34. The van der Waals surface area contributed by atoms with Crippen LogP contribution in [0.1, 0.15) is 18.1 Å². The summed E-state index contributed by atoms with van der Waals surface area (Å²) in [6.07, 6.45) is 1.53. The molecule has 0 saturated carbocycles. The van der Waals surface area contributed by atoms with E-state index in [1.54, 1.807) is 31.4 Å². The van der Waals surface area contributed by atoms with Crippen LogP contribution in [-0.4, -0.2) is 25.1 Å². The van der Waals surface area contributed by atoms with Crippen LogP contribution in [0.4, 0.5) is 5.69 Å². The Balaban J connectivity index is 1.45. The third-order valence-corrected chi connectivity index (χ3v) is 6.00. The molecule has 4 rings (SSSR count). The van der Waals surface area contributed by atoms with E-state index < -0.39 is 17.7 Å². The number of nitrogens with one attached hydrogen (secondary N) is 2. The van der Waals surface area contributed by atoms with Crippen LogP contribution < -0.4 is 20.2 Å². The van der Waals surface area contributed by atoms with Crippen LogP contribution in [0.25, 0.3) is 10.8 Å². The SMILES string of the molecule is COc1ccc(NC(=O)C(C)C(=O)NN=Cc2c(OCc3ccc(Cl)cc3)ccc3ccccc23)cc1. The fourth-order valence-electron chi connectivity index (χ4n) is 3.58. The molecular formula is C29H26ClN3O4. The van der Waals surface area contributed by atoms with Crippen molar-refractivity contribution in [3.63, 3.8) is 0 Å². The van der Waals surface area contributed by atoms with Gasteiger partial charge in [0.25, 0.3) is 5.91 Å². The van der Waals surface area contributed by atoms with Crippen LogP contribution in [0.15, 0.2) is 90.0 Å². The molecule has 0 heterocycles. The number of benzene rings is 4. The van der Waals surface area contributed by atoms with E-state index in [4.69, 9.17) is 21.1 Å². The van der Waals surface area contributed by atoms with E-state index in [1.807, 2.05) is 60.7 Å². The number of amides is 2. The summed E-state index contributed by atoms with van der Waals surface area (Å²) in [6.45, 7) is 1.85. The standard InChI is InChI=1S/C29H26ClN3O4/c1-19(28(34)32-23-12-14-24(36-2)15-13-23)29(35)33-31-17-26-25-6-4-3-5-21(25)9-16-27(26)37-18-20-7-10-22(30)11-8-20/h3-17,19H,18H2,1-2H3,(H,32,34)(H,33,35). The zero-order valence-electron chi connectivity index (χ0n) is 20.4. The molecule has 2 N–H and O–H groups in total. The number of nitrogens with zero attached hydrogens (tertiary/aromatic N) is 1. The van der Waals surface area contributed by atoms with Gasteiger partial charge in [0.1, 0.15) is 24.0 Å². The molecular weight excluding hydrogens is 490 g/mol. The molecule has 0 aliphatic heterocycles. The van der Waals surface area contributed by atoms with Gasteiger partial charge in [-0.3, -0.25) is 9.59 Å². The Hall–Kier alpha value is -4.36. The molecule has 1 unspecified atom stereocenters. The number of carbonyl (C=O) groups excluding carboxylic acids is 2. The second-order valence-corrected chi connectivity index (χ2v) is 8.72. The number of rotatable bonds is 9. The van der Waals surface area contributed by atoms with Gasteiger partial charge < -0.3 is 14.8 Å². The Morgan fingerprint density at radius 1 is 0.946 bits per heavy atom. The summed E-state index contributed by atoms with van der Waals surface area (Å²) in [7, 11) is 1.56. The number of methoxy groups -OCH3 is 1. The third kappa shape index (κ3) is 6.65. The molecule has 0 aliphatic carbocycles. The molecule has 37 heavy (non-hydrogen) atoms. The first-order valence-corrected chi connectivity index (χ1v) is 12.0. The summed E-state index contributed by atoms with van der Waals surface area (Å²) in [5.41, 5.74) is 4.70. The molecule has 0 aliphatic rings. The summed E-state index contributed by atoms with van der Waals surface area (Å²) in [4.78, 5) is 25.1. The number of hydrazone groups is 1. The first-order chi connectivity index (χ1) is 17.9. The highest BCUT2D eigenvalue weighted by Gasteiger charge is 2.21. The number of hydrogen-bond acceptors (Lipinski definition) is 5. The number of fused-ring (bicyclic) bond motifs is 1. The maximum Gasteiger partial charge on any atom is 0.252 e. The van der Waals surface area contributed by atoms with Crippen LogP contribution in [0.3, 0.4) is 0 Å². The third-order valence-electron chi connectivity index (χ3n) is 5.75. The van der Waals surface area contributed by atoms with Gasteiger partial charge in [-0.15, -0.1) is 0 Å². The number of hydrogen-bond donors (Lipinski definition) is 2. The molecule has 1 atom stereocenters. The van der Waals surface area contributed by atoms with Crippen molar-refractivity contribution in [1.29, 1.82) is 0 Å². The molecule has 4 aromatic carbocycles. The van der Waals surface area contributed by atoms with E-state index >= 15 is 0 Å². The van der Waals surface area contributed by atoms with Crippen LogP contribution in [0, 0.1) is 5.92 Å². The molecule has 0 spiro atoms. The van der Waals surface area contributed by atoms with Crippen LogP contribution in [0.5, 0.6) is 11.5 Å². The molecule has 0 aromatic heterocycles. The Kier molecular flexibility index (Phi) is 8.38. The summed E-state index contributed by atoms with van der Waals surface area (Å²) in [6, 6.07) is 25.9. The molecule has 8 heteroatoms. The van der Waals surface area contributed by atoms with Crippen molar-refractivity contribution in [2.75, 3.05) is 12.4 Å². The summed E-state index contributed by atoms with van der Waals surface area (Å²) < 4.78 is 11.2. The van der Waals surface area contributed by atoms with Gasteiger partial charge in [0.15, 0.2) is 0 Å². The first kappa shape index (κ1) is 25.7. The minimum atomic E-state index is -0.965. The van der Waals surface area contributed by atoms with Gasteiger partial charge in [-0.25, -0.2) is 5.43 Å². The van der Waals surface area contributed by atoms with Crippen molar-refractivity contribution in [1.82, 2.24) is 5.43 Å². The number of carbonyl (C=O) groups is 2. The lowest BCUT2D eigenvalue weighted by atomic mass is 10.0. The van der Waals surface area contributed by atoms with E-state index in [-0.39, 0.29) is 0 Å². The minimum Gasteiger partial charge on any atom is -0.497 e. The normalized spacial score (nSPS) is 11.8. The van der Waals surface area contributed by atoms with E-state index in [0.717, 1.165) is 16.3 Å². The van der Waals surface area contributed by atoms with Crippen molar-refractivity contribution in [2.45, 2.75) is 13.5 Å². The second-order valence-electron chi connectivity index (χ2n) is 8.29. The Morgan fingerprint density at radius 2 is 1.68 bits per heavy atom. The van der Waals surface area contributed by atoms with E-state index in [0.29, 0.717) is 34.4 Å². The van der Waals surface area contributed by atoms with Gasteiger partial charge in [0, 0.05) is 16.3 Å². The largest absolute Gasteiger partial charge is 0.497 e. The van der Waals surface area contributed by atoms with Crippen molar-refractivity contribution in [2.24, 2.45) is 11.0 Å². The molecule has 4 aromatic rings. The van der Waals surface area contributed by atoms with E-state index in [1.165, 1.54) is 13.1 Å². The zero-order valence-corrected chi connectivity index (χ0v) is 21.2. The van der Waals surface area contributed by atoms with Crippen molar-refractivity contribution >= 4 is 46.1 Å². The molecule has 7 nitrogen and oxygen atoms in total. The molecule has 0 radical (unpaired) electrons. The van der Waals surface area contributed by atoms with Crippen LogP contribution >= 0.6 is 11.6 Å². The lowest BCUT2D eigenvalue weighted by Gasteiger charge is -2.13. The molecule has 188 valence electrons. The fraction of sp³-hybridized carbons (Fsp3) is 0.138. The van der Waals surface area contributed by atoms with Gasteiger partial charge in [-0.05, 0) is 65.7 Å². The Morgan fingerprint density at radius 3 is 2.41 bits per heavy atom. The summed E-state index contributed by atoms with van der Waals surface area (Å²) in [5, 5.41) is 9.42. The average molecular weight is 516 g/mol. The van der Waals surface area contributed by atoms with Crippen LogP contribution in [-0.2, 0) is 16.2 Å². The number of ether oxygens (including phenoxy) is 2. The van der Waals surface area contributed by atoms with Crippen molar-refractivity contribution < 1.29 is 19.1 Å². The summed E-state index contributed by atoms with van der Waals surface area (Å²) >= 11 is 5.97. The first-order valence-electron chi connectivity index (χ1n) is 11.6. The second kappa shape index (κ2) is 12.1. The Bertz CT molecular complexity index is 1420. The van der Waals surface area contributed by atoms with E-state index in [9.17, 15) is 9.59 Å². The fourth-order valence-corrected chi connectivity index (χ4v) is 3.70. The van der Waals surface area contributed by atoms with Crippen LogP contribution in [0.2, 0.25) is 5.02 Å². The van der Waals surface area contributed by atoms with E-state index in [2.05, 4.69) is 15.8 Å². The minimum absolute atomic E-state index is 0.339. The smallest absolute Gasteiger partial charge is 0.252 e. The predicted octanol–water partition coefficient (Wildman–Crippen LogP) is 5.81. The summed E-state index contributed by atoms with van der Waals surface area (Å²) in [5.74, 6) is -0.673. The number of halogens is 1. The maximum atomic E-state index is 12.6. The highest BCUT2D eigenvalue weighted by Crippen LogP contribution is 2.27. The van der Waals surface area contributed by atoms with Gasteiger partial charge in [0.2, 0.25) is 5.91 Å². The topological polar surface area (TPSA) is 89.0 Å². The van der Waals surface area contributed by atoms with Gasteiger partial charge in [-0.1, -0.05) is 54.1 Å². The zero-order chi connectivity index (χ0) is 26.2. The van der Waals surface area contributed by atoms with Gasteiger partial charge >= 0.3 is 0 Å². The quantitative estimate of drug-likeness (QED) is 0.167. The molecule has 2 amide bonds.